The van der Waals surface area contributed by atoms with E-state index in [1.54, 1.807) is 91.0 Å². The van der Waals surface area contributed by atoms with E-state index in [4.69, 9.17) is 39.5 Å². The Bertz CT molecular complexity index is 1530. The number of nitrogens with zero attached hydrogens (tertiary/aromatic N) is 1. The van der Waals surface area contributed by atoms with Gasteiger partial charge in [0.2, 0.25) is 0 Å². The van der Waals surface area contributed by atoms with Gasteiger partial charge in [0.25, 0.3) is 15.9 Å². The number of aryl methyl sites for hydroxylation is 1. The molecule has 0 saturated heterocycles. The molecule has 0 fully saturated rings. The molecule has 1 N–H and O–H groups in total. The van der Waals surface area contributed by atoms with Crippen LogP contribution >= 0.6 is 34.8 Å². The van der Waals surface area contributed by atoms with Crippen molar-refractivity contribution in [3.05, 3.63) is 117 Å². The fraction of sp³-hybridized carbons (Fsp3) is 0.107. The standard InChI is InChI=1S/C28H23Cl3N2O4S/c1-19-2-13-25(14-3-19)38(35,36)33(17-20-4-6-21(29)7-5-20)23-9-11-24(12-10-23)37-18-28(34)32-22-8-15-26(30)27(31)16-22/h2-16H,17-18H2,1H3,(H,32,34). The normalized spacial score (nSPS) is 11.2. The van der Waals surface area contributed by atoms with E-state index in [9.17, 15) is 13.2 Å². The molecular formula is C28H23Cl3N2O4S. The number of ether oxygens (including phenoxy) is 1. The minimum atomic E-state index is -3.88. The molecule has 196 valence electrons. The molecule has 6 nitrogen and oxygen atoms in total. The molecule has 4 aromatic rings. The third-order valence-corrected chi connectivity index (χ3v) is 8.33. The number of hydrogen-bond donors (Lipinski definition) is 1. The summed E-state index contributed by atoms with van der Waals surface area (Å²) in [5.74, 6) is 0.0102. The van der Waals surface area contributed by atoms with E-state index in [0.29, 0.717) is 32.2 Å². The van der Waals surface area contributed by atoms with Crippen LogP contribution in [0.15, 0.2) is 95.9 Å². The maximum absolute atomic E-state index is 13.6. The average molecular weight is 590 g/mol. The van der Waals surface area contributed by atoms with Gasteiger partial charge in [-0.25, -0.2) is 8.42 Å². The fourth-order valence-corrected chi connectivity index (χ4v) is 5.41. The van der Waals surface area contributed by atoms with Crippen molar-refractivity contribution in [3.8, 4) is 5.75 Å². The Balaban J connectivity index is 1.51. The Kier molecular flexibility index (Phi) is 8.84. The highest BCUT2D eigenvalue weighted by Gasteiger charge is 2.25. The first kappa shape index (κ1) is 27.8. The summed E-state index contributed by atoms with van der Waals surface area (Å²) in [6.07, 6.45) is 0. The van der Waals surface area contributed by atoms with E-state index in [-0.39, 0.29) is 18.0 Å². The second-order valence-corrected chi connectivity index (χ2v) is 11.5. The van der Waals surface area contributed by atoms with Crippen LogP contribution in [-0.2, 0) is 21.4 Å². The van der Waals surface area contributed by atoms with Crippen LogP contribution in [-0.4, -0.2) is 20.9 Å². The third kappa shape index (κ3) is 6.99. The monoisotopic (exact) mass is 588 g/mol. The Hall–Kier alpha value is -3.23. The van der Waals surface area contributed by atoms with Crippen LogP contribution in [0.1, 0.15) is 11.1 Å². The Labute approximate surface area is 236 Å². The number of halogens is 3. The number of carbonyl (C=O) groups is 1. The van der Waals surface area contributed by atoms with Crippen LogP contribution in [0.5, 0.6) is 5.75 Å². The molecule has 0 aliphatic rings. The van der Waals surface area contributed by atoms with Crippen LogP contribution in [0.4, 0.5) is 11.4 Å². The van der Waals surface area contributed by atoms with Gasteiger partial charge in [-0.05, 0) is 79.2 Å². The zero-order valence-electron chi connectivity index (χ0n) is 20.2. The van der Waals surface area contributed by atoms with Gasteiger partial charge in [0.15, 0.2) is 6.61 Å². The fourth-order valence-electron chi connectivity index (χ4n) is 3.54. The molecule has 0 spiro atoms. The molecule has 0 saturated carbocycles. The summed E-state index contributed by atoms with van der Waals surface area (Å²) in [6.45, 7) is 1.74. The first-order valence-electron chi connectivity index (χ1n) is 11.4. The number of sulfonamides is 1. The Morgan fingerprint density at radius 2 is 1.50 bits per heavy atom. The molecular weight excluding hydrogens is 567 g/mol. The molecule has 0 atom stereocenters. The summed E-state index contributed by atoms with van der Waals surface area (Å²) in [4.78, 5) is 12.5. The number of hydrogen-bond acceptors (Lipinski definition) is 4. The van der Waals surface area contributed by atoms with Crippen LogP contribution in [0.25, 0.3) is 0 Å². The summed E-state index contributed by atoms with van der Waals surface area (Å²) in [5.41, 5.74) is 2.65. The highest BCUT2D eigenvalue weighted by atomic mass is 35.5. The summed E-state index contributed by atoms with van der Waals surface area (Å²) in [5, 5.41) is 3.95. The van der Waals surface area contributed by atoms with Gasteiger partial charge in [-0.3, -0.25) is 9.10 Å². The van der Waals surface area contributed by atoms with Crippen molar-refractivity contribution in [1.82, 2.24) is 0 Å². The Morgan fingerprint density at radius 1 is 0.842 bits per heavy atom. The second-order valence-electron chi connectivity index (χ2n) is 8.41. The topological polar surface area (TPSA) is 75.7 Å². The number of nitrogens with one attached hydrogen (secondary N) is 1. The quantitative estimate of drug-likeness (QED) is 0.221. The van der Waals surface area contributed by atoms with Crippen LogP contribution in [0, 0.1) is 6.92 Å². The molecule has 0 radical (unpaired) electrons. The number of rotatable bonds is 9. The molecule has 0 bridgehead atoms. The number of carbonyl (C=O) groups excluding carboxylic acids is 1. The number of benzene rings is 4. The second kappa shape index (κ2) is 12.1. The summed E-state index contributed by atoms with van der Waals surface area (Å²) in [7, 11) is -3.88. The molecule has 0 aliphatic heterocycles. The molecule has 0 unspecified atom stereocenters. The number of amides is 1. The van der Waals surface area contributed by atoms with Crippen molar-refractivity contribution >= 4 is 62.1 Å². The van der Waals surface area contributed by atoms with E-state index >= 15 is 0 Å². The SMILES string of the molecule is Cc1ccc(S(=O)(=O)N(Cc2ccc(Cl)cc2)c2ccc(OCC(=O)Nc3ccc(Cl)c(Cl)c3)cc2)cc1. The van der Waals surface area contributed by atoms with E-state index in [2.05, 4.69) is 5.32 Å². The maximum Gasteiger partial charge on any atom is 0.264 e. The summed E-state index contributed by atoms with van der Waals surface area (Å²) in [6, 6.07) is 24.9. The smallest absolute Gasteiger partial charge is 0.264 e. The molecule has 38 heavy (non-hydrogen) atoms. The third-order valence-electron chi connectivity index (χ3n) is 5.55. The van der Waals surface area contributed by atoms with Crippen molar-refractivity contribution in [2.45, 2.75) is 18.4 Å². The van der Waals surface area contributed by atoms with Gasteiger partial charge in [0, 0.05) is 10.7 Å². The van der Waals surface area contributed by atoms with E-state index in [0.717, 1.165) is 11.1 Å². The largest absolute Gasteiger partial charge is 0.484 e. The number of anilines is 2. The molecule has 0 heterocycles. The predicted molar refractivity (Wildman–Crippen MR) is 153 cm³/mol. The van der Waals surface area contributed by atoms with Crippen molar-refractivity contribution in [3.63, 3.8) is 0 Å². The minimum absolute atomic E-state index is 0.0969. The van der Waals surface area contributed by atoms with Crippen molar-refractivity contribution in [2.75, 3.05) is 16.2 Å². The lowest BCUT2D eigenvalue weighted by atomic mass is 10.2. The van der Waals surface area contributed by atoms with Gasteiger partial charge in [-0.1, -0.05) is 64.6 Å². The van der Waals surface area contributed by atoms with Gasteiger partial charge in [-0.15, -0.1) is 0 Å². The highest BCUT2D eigenvalue weighted by molar-refractivity contribution is 7.92. The molecule has 4 rings (SSSR count). The highest BCUT2D eigenvalue weighted by Crippen LogP contribution is 2.29. The van der Waals surface area contributed by atoms with Gasteiger partial charge in [0.1, 0.15) is 5.75 Å². The lowest BCUT2D eigenvalue weighted by Crippen LogP contribution is -2.30. The van der Waals surface area contributed by atoms with Crippen molar-refractivity contribution < 1.29 is 17.9 Å². The Morgan fingerprint density at radius 3 is 2.13 bits per heavy atom. The minimum Gasteiger partial charge on any atom is -0.484 e. The maximum atomic E-state index is 13.6. The molecule has 0 aliphatic carbocycles. The zero-order valence-corrected chi connectivity index (χ0v) is 23.3. The predicted octanol–water partition coefficient (Wildman–Crippen LogP) is 7.37. The van der Waals surface area contributed by atoms with Crippen molar-refractivity contribution in [1.29, 1.82) is 0 Å². The van der Waals surface area contributed by atoms with Crippen molar-refractivity contribution in [2.24, 2.45) is 0 Å². The van der Waals surface area contributed by atoms with E-state index in [1.165, 1.54) is 4.31 Å². The van der Waals surface area contributed by atoms with Gasteiger partial charge < -0.3 is 10.1 Å². The van der Waals surface area contributed by atoms with Gasteiger partial charge in [-0.2, -0.15) is 0 Å². The van der Waals surface area contributed by atoms with Gasteiger partial charge in [0.05, 0.1) is 27.2 Å². The zero-order chi connectivity index (χ0) is 27.3. The first-order chi connectivity index (χ1) is 18.1. The summed E-state index contributed by atoms with van der Waals surface area (Å²) >= 11 is 17.9. The lowest BCUT2D eigenvalue weighted by Gasteiger charge is -2.25. The van der Waals surface area contributed by atoms with Crippen LogP contribution < -0.4 is 14.4 Å². The lowest BCUT2D eigenvalue weighted by molar-refractivity contribution is -0.118. The van der Waals surface area contributed by atoms with Crippen LogP contribution in [0.3, 0.4) is 0 Å². The van der Waals surface area contributed by atoms with Crippen LogP contribution in [0.2, 0.25) is 15.1 Å². The average Bonchev–Trinajstić information content (AvgIpc) is 2.90. The molecule has 0 aromatic heterocycles. The molecule has 4 aromatic carbocycles. The van der Waals surface area contributed by atoms with E-state index < -0.39 is 15.9 Å². The van der Waals surface area contributed by atoms with Gasteiger partial charge >= 0.3 is 0 Å². The van der Waals surface area contributed by atoms with E-state index in [1.807, 2.05) is 6.92 Å². The molecule has 1 amide bonds. The first-order valence-corrected chi connectivity index (χ1v) is 14.0. The summed E-state index contributed by atoms with van der Waals surface area (Å²) < 4.78 is 34.2. The molecule has 10 heteroatoms.